The molecule has 1 amide bonds. The molecule has 1 N–H and O–H groups in total. The molecule has 0 aromatic rings. The number of nitrogens with one attached hydrogen (secondary N) is 1. The standard InChI is InChI=1S/C11H22N2O4S/c1-9(2)12-11(14)8-13(18(3,15)16)7-10-5-4-6-17-10/h9-10H,4-8H2,1-3H3,(H,12,14). The Morgan fingerprint density at radius 3 is 2.61 bits per heavy atom. The molecule has 1 atom stereocenters. The van der Waals surface area contributed by atoms with Crippen molar-refractivity contribution in [1.82, 2.24) is 9.62 Å². The smallest absolute Gasteiger partial charge is 0.235 e. The van der Waals surface area contributed by atoms with Crippen LogP contribution in [0.3, 0.4) is 0 Å². The molecule has 18 heavy (non-hydrogen) atoms. The first-order valence-electron chi connectivity index (χ1n) is 6.15. The highest BCUT2D eigenvalue weighted by Crippen LogP contribution is 2.14. The van der Waals surface area contributed by atoms with Gasteiger partial charge in [0.1, 0.15) is 0 Å². The second-order valence-corrected chi connectivity index (χ2v) is 6.90. The number of hydrogen-bond donors (Lipinski definition) is 1. The Kier molecular flexibility index (Phi) is 5.55. The maximum atomic E-state index is 11.6. The van der Waals surface area contributed by atoms with Crippen LogP contribution < -0.4 is 5.32 Å². The molecule has 1 rings (SSSR count). The van der Waals surface area contributed by atoms with Crippen LogP contribution in [-0.2, 0) is 19.6 Å². The van der Waals surface area contributed by atoms with Crippen molar-refractivity contribution in [3.05, 3.63) is 0 Å². The molecule has 0 radical (unpaired) electrons. The monoisotopic (exact) mass is 278 g/mol. The number of rotatable bonds is 6. The lowest BCUT2D eigenvalue weighted by Crippen LogP contribution is -2.45. The zero-order valence-corrected chi connectivity index (χ0v) is 12.0. The number of carbonyl (C=O) groups excluding carboxylic acids is 1. The van der Waals surface area contributed by atoms with Crippen LogP contribution in [0.2, 0.25) is 0 Å². The zero-order chi connectivity index (χ0) is 13.8. The Balaban J connectivity index is 2.58. The lowest BCUT2D eigenvalue weighted by atomic mass is 10.2. The Morgan fingerprint density at radius 2 is 2.17 bits per heavy atom. The molecule has 0 saturated carbocycles. The third-order valence-electron chi connectivity index (χ3n) is 2.67. The second-order valence-electron chi connectivity index (χ2n) is 4.91. The number of amides is 1. The van der Waals surface area contributed by atoms with E-state index in [9.17, 15) is 13.2 Å². The van der Waals surface area contributed by atoms with Gasteiger partial charge in [0.05, 0.1) is 18.9 Å². The minimum atomic E-state index is -3.39. The Morgan fingerprint density at radius 1 is 1.50 bits per heavy atom. The topological polar surface area (TPSA) is 75.7 Å². The summed E-state index contributed by atoms with van der Waals surface area (Å²) in [4.78, 5) is 11.6. The molecule has 1 heterocycles. The van der Waals surface area contributed by atoms with Crippen LogP contribution in [0.1, 0.15) is 26.7 Å². The molecule has 7 heteroatoms. The highest BCUT2D eigenvalue weighted by molar-refractivity contribution is 7.88. The first kappa shape index (κ1) is 15.4. The lowest BCUT2D eigenvalue weighted by molar-refractivity contribution is -0.122. The average molecular weight is 278 g/mol. The van der Waals surface area contributed by atoms with Crippen molar-refractivity contribution in [2.45, 2.75) is 38.8 Å². The van der Waals surface area contributed by atoms with Gasteiger partial charge in [0, 0.05) is 19.2 Å². The van der Waals surface area contributed by atoms with Crippen molar-refractivity contribution in [2.75, 3.05) is 26.0 Å². The normalized spacial score (nSPS) is 20.6. The predicted octanol–water partition coefficient (Wildman–Crippen LogP) is -0.0484. The molecular formula is C11H22N2O4S. The van der Waals surface area contributed by atoms with E-state index in [0.29, 0.717) is 6.61 Å². The maximum Gasteiger partial charge on any atom is 0.235 e. The van der Waals surface area contributed by atoms with Gasteiger partial charge in [-0.25, -0.2) is 8.42 Å². The third-order valence-corrected chi connectivity index (χ3v) is 3.89. The van der Waals surface area contributed by atoms with Crippen molar-refractivity contribution >= 4 is 15.9 Å². The fourth-order valence-corrected chi connectivity index (χ4v) is 2.65. The summed E-state index contributed by atoms with van der Waals surface area (Å²) in [6.07, 6.45) is 2.81. The summed E-state index contributed by atoms with van der Waals surface area (Å²) in [6, 6.07) is 0.00152. The summed E-state index contributed by atoms with van der Waals surface area (Å²) in [5, 5.41) is 2.68. The van der Waals surface area contributed by atoms with Crippen molar-refractivity contribution in [1.29, 1.82) is 0 Å². The summed E-state index contributed by atoms with van der Waals surface area (Å²) >= 11 is 0. The molecular weight excluding hydrogens is 256 g/mol. The molecule has 1 aliphatic rings. The first-order chi connectivity index (χ1) is 8.29. The fraction of sp³-hybridized carbons (Fsp3) is 0.909. The van der Waals surface area contributed by atoms with Gasteiger partial charge in [-0.2, -0.15) is 4.31 Å². The number of sulfonamides is 1. The van der Waals surface area contributed by atoms with E-state index in [2.05, 4.69) is 5.32 Å². The quantitative estimate of drug-likeness (QED) is 0.739. The molecule has 106 valence electrons. The van der Waals surface area contributed by atoms with Gasteiger partial charge in [0.2, 0.25) is 15.9 Å². The van der Waals surface area contributed by atoms with E-state index in [-0.39, 0.29) is 31.1 Å². The highest BCUT2D eigenvalue weighted by Gasteiger charge is 2.26. The van der Waals surface area contributed by atoms with Gasteiger partial charge >= 0.3 is 0 Å². The number of carbonyl (C=O) groups is 1. The minimum absolute atomic E-state index is 0.00152. The van der Waals surface area contributed by atoms with Crippen molar-refractivity contribution < 1.29 is 17.9 Å². The minimum Gasteiger partial charge on any atom is -0.377 e. The molecule has 1 unspecified atom stereocenters. The lowest BCUT2D eigenvalue weighted by Gasteiger charge is -2.23. The van der Waals surface area contributed by atoms with E-state index in [1.54, 1.807) is 0 Å². The van der Waals surface area contributed by atoms with E-state index in [1.165, 1.54) is 4.31 Å². The molecule has 1 saturated heterocycles. The second kappa shape index (κ2) is 6.49. The van der Waals surface area contributed by atoms with Crippen molar-refractivity contribution in [3.63, 3.8) is 0 Å². The van der Waals surface area contributed by atoms with Crippen molar-refractivity contribution in [2.24, 2.45) is 0 Å². The van der Waals surface area contributed by atoms with Crippen LogP contribution in [0, 0.1) is 0 Å². The molecule has 0 aromatic heterocycles. The zero-order valence-electron chi connectivity index (χ0n) is 11.2. The summed E-state index contributed by atoms with van der Waals surface area (Å²) in [7, 11) is -3.39. The molecule has 6 nitrogen and oxygen atoms in total. The maximum absolute atomic E-state index is 11.6. The van der Waals surface area contributed by atoms with Gasteiger partial charge in [-0.1, -0.05) is 0 Å². The van der Waals surface area contributed by atoms with E-state index in [0.717, 1.165) is 19.1 Å². The van der Waals surface area contributed by atoms with E-state index in [4.69, 9.17) is 4.74 Å². The summed E-state index contributed by atoms with van der Waals surface area (Å²) in [5.41, 5.74) is 0. The fourth-order valence-electron chi connectivity index (χ4n) is 1.86. The summed E-state index contributed by atoms with van der Waals surface area (Å²) in [6.45, 7) is 4.45. The van der Waals surface area contributed by atoms with Gasteiger partial charge in [-0.3, -0.25) is 4.79 Å². The number of ether oxygens (including phenoxy) is 1. The predicted molar refractivity (Wildman–Crippen MR) is 68.7 cm³/mol. The molecule has 0 bridgehead atoms. The Bertz CT molecular complexity index is 375. The van der Waals surface area contributed by atoms with Crippen LogP contribution in [0.15, 0.2) is 0 Å². The van der Waals surface area contributed by atoms with Gasteiger partial charge in [-0.15, -0.1) is 0 Å². The number of hydrogen-bond acceptors (Lipinski definition) is 4. The Labute approximate surface area is 109 Å². The molecule has 0 aliphatic carbocycles. The van der Waals surface area contributed by atoms with Crippen molar-refractivity contribution in [3.8, 4) is 0 Å². The summed E-state index contributed by atoms with van der Waals surface area (Å²) < 4.78 is 29.8. The van der Waals surface area contributed by atoms with Crippen LogP contribution in [0.25, 0.3) is 0 Å². The molecule has 1 fully saturated rings. The summed E-state index contributed by atoms with van der Waals surface area (Å²) in [5.74, 6) is -0.284. The largest absolute Gasteiger partial charge is 0.377 e. The van der Waals surface area contributed by atoms with Gasteiger partial charge in [0.15, 0.2) is 0 Å². The van der Waals surface area contributed by atoms with Crippen LogP contribution in [0.4, 0.5) is 0 Å². The number of nitrogens with zero attached hydrogens (tertiary/aromatic N) is 1. The van der Waals surface area contributed by atoms with Crippen LogP contribution >= 0.6 is 0 Å². The molecule has 0 aromatic carbocycles. The molecule has 0 spiro atoms. The SMILES string of the molecule is CC(C)NC(=O)CN(CC1CCCO1)S(C)(=O)=O. The van der Waals surface area contributed by atoms with Gasteiger partial charge in [-0.05, 0) is 26.7 Å². The van der Waals surface area contributed by atoms with Gasteiger partial charge < -0.3 is 10.1 Å². The van der Waals surface area contributed by atoms with Crippen LogP contribution in [-0.4, -0.2) is 56.7 Å². The van der Waals surface area contributed by atoms with Crippen LogP contribution in [0.5, 0.6) is 0 Å². The van der Waals surface area contributed by atoms with E-state index < -0.39 is 10.0 Å². The average Bonchev–Trinajstić information content (AvgIpc) is 2.66. The molecule has 1 aliphatic heterocycles. The Hall–Kier alpha value is -0.660. The third kappa shape index (κ3) is 5.32. The van der Waals surface area contributed by atoms with E-state index >= 15 is 0 Å². The highest BCUT2D eigenvalue weighted by atomic mass is 32.2. The van der Waals surface area contributed by atoms with Gasteiger partial charge in [0.25, 0.3) is 0 Å². The van der Waals surface area contributed by atoms with E-state index in [1.807, 2.05) is 13.8 Å². The first-order valence-corrected chi connectivity index (χ1v) is 8.00.